The van der Waals surface area contributed by atoms with Crippen LogP contribution in [0.5, 0.6) is 0 Å². The quantitative estimate of drug-likeness (QED) is 0.591. The molecule has 0 N–H and O–H groups in total. The predicted molar refractivity (Wildman–Crippen MR) is 41.2 cm³/mol. The van der Waals surface area contributed by atoms with E-state index >= 15 is 0 Å². The van der Waals surface area contributed by atoms with Crippen molar-refractivity contribution in [3.05, 3.63) is 34.3 Å². The lowest BCUT2D eigenvalue weighted by Gasteiger charge is -2.10. The molecule has 0 aromatic heterocycles. The summed E-state index contributed by atoms with van der Waals surface area (Å²) in [6.45, 7) is 1.35. The molecule has 0 saturated carbocycles. The standard InChI is InChI=1S/C8H6ClF3/c1-5-6(8(10,11)12)3-2-4-7(5)9/h2-4H,1H3. The second-order valence-corrected chi connectivity index (χ2v) is 2.82. The van der Waals surface area contributed by atoms with Crippen molar-refractivity contribution >= 4 is 11.6 Å². The van der Waals surface area contributed by atoms with Gasteiger partial charge < -0.3 is 0 Å². The van der Waals surface area contributed by atoms with Gasteiger partial charge in [-0.2, -0.15) is 13.2 Å². The number of rotatable bonds is 0. The van der Waals surface area contributed by atoms with E-state index in [-0.39, 0.29) is 10.6 Å². The molecule has 0 spiro atoms. The summed E-state index contributed by atoms with van der Waals surface area (Å²) in [7, 11) is 0. The van der Waals surface area contributed by atoms with Crippen molar-refractivity contribution < 1.29 is 13.2 Å². The zero-order valence-corrected chi connectivity index (χ0v) is 7.00. The largest absolute Gasteiger partial charge is 0.416 e. The molecule has 0 bridgehead atoms. The lowest BCUT2D eigenvalue weighted by Crippen LogP contribution is -2.07. The molecule has 0 heterocycles. The molecule has 12 heavy (non-hydrogen) atoms. The van der Waals surface area contributed by atoms with Crippen LogP contribution in [0.4, 0.5) is 13.2 Å². The zero-order valence-electron chi connectivity index (χ0n) is 6.24. The van der Waals surface area contributed by atoms with Gasteiger partial charge in [0.1, 0.15) is 0 Å². The van der Waals surface area contributed by atoms with E-state index in [1.165, 1.54) is 19.1 Å². The fourth-order valence-electron chi connectivity index (χ4n) is 0.915. The highest BCUT2D eigenvalue weighted by molar-refractivity contribution is 6.31. The van der Waals surface area contributed by atoms with Gasteiger partial charge in [0.25, 0.3) is 0 Å². The summed E-state index contributed by atoms with van der Waals surface area (Å²) >= 11 is 5.52. The fraction of sp³-hybridized carbons (Fsp3) is 0.250. The first-order valence-corrected chi connectivity index (χ1v) is 3.63. The molecule has 0 unspecified atom stereocenters. The molecule has 0 aliphatic heterocycles. The molecule has 0 saturated heterocycles. The molecule has 0 aliphatic carbocycles. The average molecular weight is 195 g/mol. The first-order chi connectivity index (χ1) is 5.43. The Morgan fingerprint density at radius 3 is 2.25 bits per heavy atom. The summed E-state index contributed by atoms with van der Waals surface area (Å²) in [5.41, 5.74) is -0.596. The Morgan fingerprint density at radius 2 is 1.83 bits per heavy atom. The Balaban J connectivity index is 3.26. The molecule has 0 aliphatic rings. The summed E-state index contributed by atoms with van der Waals surface area (Å²) in [6, 6.07) is 3.74. The zero-order chi connectivity index (χ0) is 9.35. The third-order valence-electron chi connectivity index (χ3n) is 1.57. The highest BCUT2D eigenvalue weighted by Crippen LogP contribution is 2.34. The van der Waals surface area contributed by atoms with Gasteiger partial charge in [0.15, 0.2) is 0 Å². The summed E-state index contributed by atoms with van der Waals surface area (Å²) in [4.78, 5) is 0. The number of halogens is 4. The maximum atomic E-state index is 12.2. The SMILES string of the molecule is Cc1c(Cl)cccc1C(F)(F)F. The van der Waals surface area contributed by atoms with Crippen molar-refractivity contribution in [1.29, 1.82) is 0 Å². The summed E-state index contributed by atoms with van der Waals surface area (Å²) in [5, 5.41) is 0.143. The van der Waals surface area contributed by atoms with E-state index in [0.29, 0.717) is 0 Å². The van der Waals surface area contributed by atoms with E-state index in [4.69, 9.17) is 11.6 Å². The summed E-state index contributed by atoms with van der Waals surface area (Å²) in [6.07, 6.45) is -4.31. The van der Waals surface area contributed by atoms with Crippen molar-refractivity contribution in [2.45, 2.75) is 13.1 Å². The Morgan fingerprint density at radius 1 is 1.25 bits per heavy atom. The first-order valence-electron chi connectivity index (χ1n) is 3.25. The van der Waals surface area contributed by atoms with Crippen molar-refractivity contribution in [2.75, 3.05) is 0 Å². The van der Waals surface area contributed by atoms with Gasteiger partial charge in [-0.1, -0.05) is 17.7 Å². The molecule has 1 rings (SSSR count). The van der Waals surface area contributed by atoms with Gasteiger partial charge in [0.2, 0.25) is 0 Å². The van der Waals surface area contributed by atoms with E-state index in [1.807, 2.05) is 0 Å². The van der Waals surface area contributed by atoms with Crippen LogP contribution in [0.3, 0.4) is 0 Å². The highest BCUT2D eigenvalue weighted by Gasteiger charge is 2.32. The van der Waals surface area contributed by atoms with Crippen molar-refractivity contribution in [3.8, 4) is 0 Å². The van der Waals surface area contributed by atoms with Gasteiger partial charge in [0, 0.05) is 5.02 Å². The molecule has 1 aromatic rings. The predicted octanol–water partition coefficient (Wildman–Crippen LogP) is 3.67. The van der Waals surface area contributed by atoms with E-state index in [0.717, 1.165) is 6.07 Å². The molecule has 0 nitrogen and oxygen atoms in total. The van der Waals surface area contributed by atoms with E-state index in [2.05, 4.69) is 0 Å². The summed E-state index contributed by atoms with van der Waals surface area (Å²) < 4.78 is 36.5. The Kier molecular flexibility index (Phi) is 2.33. The molecule has 0 fully saturated rings. The van der Waals surface area contributed by atoms with Crippen LogP contribution in [0.1, 0.15) is 11.1 Å². The molecule has 4 heteroatoms. The molecule has 0 radical (unpaired) electrons. The smallest absolute Gasteiger partial charge is 0.166 e. The van der Waals surface area contributed by atoms with Crippen LogP contribution >= 0.6 is 11.6 Å². The van der Waals surface area contributed by atoms with Crippen LogP contribution in [-0.4, -0.2) is 0 Å². The van der Waals surface area contributed by atoms with Gasteiger partial charge in [0.05, 0.1) is 5.56 Å². The second-order valence-electron chi connectivity index (χ2n) is 2.41. The van der Waals surface area contributed by atoms with Crippen LogP contribution in [0, 0.1) is 6.92 Å². The van der Waals surface area contributed by atoms with E-state index in [1.54, 1.807) is 0 Å². The third kappa shape index (κ3) is 1.72. The van der Waals surface area contributed by atoms with Gasteiger partial charge in [-0.05, 0) is 24.6 Å². The fourth-order valence-corrected chi connectivity index (χ4v) is 1.09. The van der Waals surface area contributed by atoms with Gasteiger partial charge in [-0.3, -0.25) is 0 Å². The highest BCUT2D eigenvalue weighted by atomic mass is 35.5. The van der Waals surface area contributed by atoms with Gasteiger partial charge in [-0.15, -0.1) is 0 Å². The maximum absolute atomic E-state index is 12.2. The number of benzene rings is 1. The monoisotopic (exact) mass is 194 g/mol. The lowest BCUT2D eigenvalue weighted by atomic mass is 10.1. The Labute approximate surface area is 73.0 Å². The van der Waals surface area contributed by atoms with E-state index < -0.39 is 11.7 Å². The van der Waals surface area contributed by atoms with Gasteiger partial charge >= 0.3 is 6.18 Å². The van der Waals surface area contributed by atoms with Crippen molar-refractivity contribution in [2.24, 2.45) is 0 Å². The van der Waals surface area contributed by atoms with Crippen LogP contribution in [0.15, 0.2) is 18.2 Å². The lowest BCUT2D eigenvalue weighted by molar-refractivity contribution is -0.138. The van der Waals surface area contributed by atoms with Crippen molar-refractivity contribution in [1.82, 2.24) is 0 Å². The number of hydrogen-bond donors (Lipinski definition) is 0. The van der Waals surface area contributed by atoms with Crippen LogP contribution in [0.2, 0.25) is 5.02 Å². The Bertz CT molecular complexity index is 291. The minimum Gasteiger partial charge on any atom is -0.166 e. The molecule has 66 valence electrons. The summed E-state index contributed by atoms with van der Waals surface area (Å²) in [5.74, 6) is 0. The number of alkyl halides is 3. The van der Waals surface area contributed by atoms with Crippen molar-refractivity contribution in [3.63, 3.8) is 0 Å². The van der Waals surface area contributed by atoms with E-state index in [9.17, 15) is 13.2 Å². The molecule has 0 amide bonds. The van der Waals surface area contributed by atoms with Crippen LogP contribution in [-0.2, 0) is 6.18 Å². The maximum Gasteiger partial charge on any atom is 0.416 e. The molecular weight excluding hydrogens is 189 g/mol. The third-order valence-corrected chi connectivity index (χ3v) is 1.98. The topological polar surface area (TPSA) is 0 Å². The molecule has 1 aromatic carbocycles. The molecular formula is C8H6ClF3. The molecule has 0 atom stereocenters. The Hall–Kier alpha value is -0.700. The first kappa shape index (κ1) is 9.39. The second kappa shape index (κ2) is 2.98. The minimum absolute atomic E-state index is 0.0756. The van der Waals surface area contributed by atoms with Crippen LogP contribution < -0.4 is 0 Å². The number of hydrogen-bond acceptors (Lipinski definition) is 0. The normalized spacial score (nSPS) is 11.8. The minimum atomic E-state index is -4.31. The van der Waals surface area contributed by atoms with Gasteiger partial charge in [-0.25, -0.2) is 0 Å². The van der Waals surface area contributed by atoms with Crippen LogP contribution in [0.25, 0.3) is 0 Å². The average Bonchev–Trinajstić information content (AvgIpc) is 1.92.